The molecule has 3 rings (SSSR count). The van der Waals surface area contributed by atoms with Gasteiger partial charge in [-0.1, -0.05) is 6.07 Å². The monoisotopic (exact) mass is 281 g/mol. The molecular formula is C17H19N3O. The quantitative estimate of drug-likeness (QED) is 0.885. The number of carbonyl (C=O) groups is 1. The van der Waals surface area contributed by atoms with Crippen molar-refractivity contribution in [2.75, 3.05) is 5.32 Å². The van der Waals surface area contributed by atoms with Gasteiger partial charge in [0.2, 0.25) is 0 Å². The highest BCUT2D eigenvalue weighted by molar-refractivity contribution is 5.95. The Morgan fingerprint density at radius 2 is 2.00 bits per heavy atom. The lowest BCUT2D eigenvalue weighted by molar-refractivity contribution is 0.0951. The molecule has 1 heterocycles. The van der Waals surface area contributed by atoms with E-state index in [1.165, 1.54) is 0 Å². The molecular weight excluding hydrogens is 262 g/mol. The lowest BCUT2D eigenvalue weighted by atomic mass is 10.1. The summed E-state index contributed by atoms with van der Waals surface area (Å²) in [7, 11) is 0. The summed E-state index contributed by atoms with van der Waals surface area (Å²) in [5, 5.41) is 6.42. The van der Waals surface area contributed by atoms with E-state index in [2.05, 4.69) is 22.5 Å². The van der Waals surface area contributed by atoms with E-state index in [1.807, 2.05) is 36.4 Å². The van der Waals surface area contributed by atoms with E-state index in [0.717, 1.165) is 24.1 Å². The van der Waals surface area contributed by atoms with E-state index in [0.29, 0.717) is 11.6 Å². The number of pyridine rings is 1. The van der Waals surface area contributed by atoms with E-state index in [1.54, 1.807) is 12.4 Å². The van der Waals surface area contributed by atoms with Gasteiger partial charge >= 0.3 is 0 Å². The number of anilines is 1. The minimum atomic E-state index is 0.0118. The van der Waals surface area contributed by atoms with Crippen LogP contribution in [0.2, 0.25) is 0 Å². The van der Waals surface area contributed by atoms with E-state index >= 15 is 0 Å². The van der Waals surface area contributed by atoms with Gasteiger partial charge in [0.25, 0.3) is 5.91 Å². The molecule has 1 aromatic heterocycles. The predicted octanol–water partition coefficient (Wildman–Crippen LogP) is 3.15. The first-order chi connectivity index (χ1) is 10.2. The van der Waals surface area contributed by atoms with E-state index in [9.17, 15) is 4.79 Å². The Morgan fingerprint density at radius 1 is 1.24 bits per heavy atom. The van der Waals surface area contributed by atoms with Gasteiger partial charge in [0.1, 0.15) is 0 Å². The van der Waals surface area contributed by atoms with Crippen LogP contribution in [0.5, 0.6) is 0 Å². The molecule has 2 aromatic rings. The minimum absolute atomic E-state index is 0.0118. The van der Waals surface area contributed by atoms with Gasteiger partial charge in [-0.15, -0.1) is 0 Å². The zero-order valence-electron chi connectivity index (χ0n) is 12.0. The van der Waals surface area contributed by atoms with Gasteiger partial charge in [0.05, 0.1) is 0 Å². The van der Waals surface area contributed by atoms with Crippen LogP contribution in [0.1, 0.15) is 41.7 Å². The number of hydrogen-bond acceptors (Lipinski definition) is 3. The van der Waals surface area contributed by atoms with Crippen molar-refractivity contribution in [3.8, 4) is 0 Å². The van der Waals surface area contributed by atoms with Crippen molar-refractivity contribution < 1.29 is 4.79 Å². The molecule has 4 heteroatoms. The largest absolute Gasteiger partial charge is 0.378 e. The number of carbonyl (C=O) groups excluding carboxylic acids is 1. The Kier molecular flexibility index (Phi) is 3.86. The zero-order chi connectivity index (χ0) is 14.7. The van der Waals surface area contributed by atoms with E-state index in [-0.39, 0.29) is 11.9 Å². The van der Waals surface area contributed by atoms with Gasteiger partial charge in [-0.3, -0.25) is 9.78 Å². The van der Waals surface area contributed by atoms with Crippen LogP contribution in [0, 0.1) is 0 Å². The predicted molar refractivity (Wildman–Crippen MR) is 83.2 cm³/mol. The third kappa shape index (κ3) is 3.60. The molecule has 1 aliphatic rings. The first kappa shape index (κ1) is 13.6. The highest BCUT2D eigenvalue weighted by atomic mass is 16.1. The number of nitrogens with one attached hydrogen (secondary N) is 2. The topological polar surface area (TPSA) is 54.0 Å². The second-order valence-corrected chi connectivity index (χ2v) is 5.48. The van der Waals surface area contributed by atoms with Crippen molar-refractivity contribution in [3.05, 3.63) is 59.9 Å². The van der Waals surface area contributed by atoms with Gasteiger partial charge in [0, 0.05) is 35.7 Å². The first-order valence-corrected chi connectivity index (χ1v) is 7.30. The summed E-state index contributed by atoms with van der Waals surface area (Å²) >= 11 is 0. The van der Waals surface area contributed by atoms with Crippen LogP contribution >= 0.6 is 0 Å². The molecule has 0 spiro atoms. The molecule has 1 aromatic carbocycles. The molecule has 2 N–H and O–H groups in total. The Bertz CT molecular complexity index is 623. The lowest BCUT2D eigenvalue weighted by Gasteiger charge is -2.16. The third-order valence-corrected chi connectivity index (χ3v) is 3.63. The smallest absolute Gasteiger partial charge is 0.251 e. The van der Waals surface area contributed by atoms with Gasteiger partial charge in [-0.05, 0) is 55.7 Å². The van der Waals surface area contributed by atoms with Crippen molar-refractivity contribution in [1.29, 1.82) is 0 Å². The Labute approximate surface area is 124 Å². The van der Waals surface area contributed by atoms with Crippen molar-refractivity contribution in [3.63, 3.8) is 0 Å². The number of hydrogen-bond donors (Lipinski definition) is 2. The van der Waals surface area contributed by atoms with Gasteiger partial charge < -0.3 is 10.6 Å². The fourth-order valence-electron chi connectivity index (χ4n) is 2.23. The van der Waals surface area contributed by atoms with Crippen LogP contribution in [0.4, 0.5) is 5.69 Å². The zero-order valence-corrected chi connectivity index (χ0v) is 12.0. The van der Waals surface area contributed by atoms with Crippen molar-refractivity contribution in [2.45, 2.75) is 31.8 Å². The van der Waals surface area contributed by atoms with E-state index in [4.69, 9.17) is 0 Å². The summed E-state index contributed by atoms with van der Waals surface area (Å²) in [4.78, 5) is 16.1. The average molecular weight is 281 g/mol. The van der Waals surface area contributed by atoms with Crippen LogP contribution in [-0.4, -0.2) is 16.9 Å². The van der Waals surface area contributed by atoms with E-state index < -0.39 is 0 Å². The highest BCUT2D eigenvalue weighted by Gasteiger charge is 2.23. The maximum Gasteiger partial charge on any atom is 0.251 e. The van der Waals surface area contributed by atoms with Crippen LogP contribution < -0.4 is 10.6 Å². The molecule has 0 bridgehead atoms. The summed E-state index contributed by atoms with van der Waals surface area (Å²) in [6.45, 7) is 2.09. The first-order valence-electron chi connectivity index (χ1n) is 7.30. The molecule has 1 atom stereocenters. The molecule has 108 valence electrons. The second-order valence-electron chi connectivity index (χ2n) is 5.48. The third-order valence-electron chi connectivity index (χ3n) is 3.63. The molecule has 1 aliphatic carbocycles. The van der Waals surface area contributed by atoms with Gasteiger partial charge in [-0.2, -0.15) is 0 Å². The van der Waals surface area contributed by atoms with Crippen LogP contribution in [-0.2, 0) is 0 Å². The summed E-state index contributed by atoms with van der Waals surface area (Å²) in [6.07, 6.45) is 5.77. The minimum Gasteiger partial charge on any atom is -0.378 e. The average Bonchev–Trinajstić information content (AvgIpc) is 3.32. The summed E-state index contributed by atoms with van der Waals surface area (Å²) < 4.78 is 0. The van der Waals surface area contributed by atoms with Crippen LogP contribution in [0.25, 0.3) is 0 Å². The lowest BCUT2D eigenvalue weighted by Crippen LogP contribution is -2.25. The van der Waals surface area contributed by atoms with Crippen LogP contribution in [0.3, 0.4) is 0 Å². The Morgan fingerprint density at radius 3 is 2.71 bits per heavy atom. The molecule has 0 aliphatic heterocycles. The molecule has 1 unspecified atom stereocenters. The number of aromatic nitrogens is 1. The highest BCUT2D eigenvalue weighted by Crippen LogP contribution is 2.21. The molecule has 1 fully saturated rings. The Hall–Kier alpha value is -2.36. The normalized spacial score (nSPS) is 15.3. The summed E-state index contributed by atoms with van der Waals surface area (Å²) in [5.41, 5.74) is 2.81. The summed E-state index contributed by atoms with van der Waals surface area (Å²) in [6, 6.07) is 12.1. The fraction of sp³-hybridized carbons (Fsp3) is 0.294. The standard InChI is InChI=1S/C17H19N3O/c1-12(13-7-9-18-10-8-13)19-16-4-2-3-14(11-16)17(21)20-15-5-6-15/h2-4,7-12,15,19H,5-6H2,1H3,(H,20,21). The molecule has 0 radical (unpaired) electrons. The maximum atomic E-state index is 12.1. The number of rotatable bonds is 5. The molecule has 1 saturated carbocycles. The molecule has 0 saturated heterocycles. The number of nitrogens with zero attached hydrogens (tertiary/aromatic N) is 1. The number of amides is 1. The SMILES string of the molecule is CC(Nc1cccc(C(=O)NC2CC2)c1)c1ccncc1. The van der Waals surface area contributed by atoms with Crippen LogP contribution in [0.15, 0.2) is 48.8 Å². The van der Waals surface area contributed by atoms with Crippen molar-refractivity contribution in [2.24, 2.45) is 0 Å². The Balaban J connectivity index is 1.69. The van der Waals surface area contributed by atoms with Crippen molar-refractivity contribution in [1.82, 2.24) is 10.3 Å². The number of benzene rings is 1. The van der Waals surface area contributed by atoms with Gasteiger partial charge in [0.15, 0.2) is 0 Å². The second kappa shape index (κ2) is 5.95. The molecule has 1 amide bonds. The molecule has 21 heavy (non-hydrogen) atoms. The fourth-order valence-corrected chi connectivity index (χ4v) is 2.23. The van der Waals surface area contributed by atoms with Crippen molar-refractivity contribution >= 4 is 11.6 Å². The maximum absolute atomic E-state index is 12.1. The van der Waals surface area contributed by atoms with Gasteiger partial charge in [-0.25, -0.2) is 0 Å². The molecule has 4 nitrogen and oxygen atoms in total. The summed E-state index contributed by atoms with van der Waals surface area (Å²) in [5.74, 6) is 0.0118.